The van der Waals surface area contributed by atoms with Crippen molar-refractivity contribution in [1.29, 1.82) is 0 Å². The van der Waals surface area contributed by atoms with Crippen LogP contribution in [-0.2, 0) is 4.79 Å². The SMILES string of the molecule is CN(C)c1ncc(-c2cccc(C(N)=O)c2)c(C2CCN(C(=O)CCl)CC2)n1. The number of carbonyl (C=O) groups excluding carboxylic acids is 2. The summed E-state index contributed by atoms with van der Waals surface area (Å²) in [7, 11) is 3.79. The molecular weight excluding hydrogens is 378 g/mol. The molecule has 0 unspecified atom stereocenters. The van der Waals surface area contributed by atoms with E-state index in [9.17, 15) is 9.59 Å². The van der Waals surface area contributed by atoms with E-state index in [1.807, 2.05) is 25.1 Å². The number of amides is 2. The van der Waals surface area contributed by atoms with E-state index < -0.39 is 5.91 Å². The Hall–Kier alpha value is -2.67. The third kappa shape index (κ3) is 4.25. The van der Waals surface area contributed by atoms with Gasteiger partial charge in [-0.05, 0) is 30.5 Å². The summed E-state index contributed by atoms with van der Waals surface area (Å²) in [6.07, 6.45) is 3.40. The Balaban J connectivity index is 1.97. The molecule has 0 aliphatic carbocycles. The van der Waals surface area contributed by atoms with Gasteiger partial charge in [0.25, 0.3) is 0 Å². The van der Waals surface area contributed by atoms with Gasteiger partial charge in [-0.3, -0.25) is 9.59 Å². The lowest BCUT2D eigenvalue weighted by atomic mass is 9.88. The number of hydrogen-bond donors (Lipinski definition) is 1. The number of rotatable bonds is 5. The number of carbonyl (C=O) groups is 2. The minimum atomic E-state index is -0.470. The number of likely N-dealkylation sites (tertiary alicyclic amines) is 1. The van der Waals surface area contributed by atoms with Gasteiger partial charge in [0.15, 0.2) is 0 Å². The Morgan fingerprint density at radius 1 is 1.29 bits per heavy atom. The lowest BCUT2D eigenvalue weighted by Gasteiger charge is -2.32. The summed E-state index contributed by atoms with van der Waals surface area (Å²) in [6, 6.07) is 7.19. The van der Waals surface area contributed by atoms with Crippen molar-refractivity contribution in [2.24, 2.45) is 5.73 Å². The van der Waals surface area contributed by atoms with E-state index in [2.05, 4.69) is 4.98 Å². The third-order valence-electron chi connectivity index (χ3n) is 5.01. The predicted molar refractivity (Wildman–Crippen MR) is 110 cm³/mol. The van der Waals surface area contributed by atoms with Crippen molar-refractivity contribution >= 4 is 29.4 Å². The highest BCUT2D eigenvalue weighted by Crippen LogP contribution is 2.35. The average Bonchev–Trinajstić information content (AvgIpc) is 2.72. The minimum absolute atomic E-state index is 0.00805. The molecule has 1 aliphatic rings. The van der Waals surface area contributed by atoms with Crippen LogP contribution in [0.5, 0.6) is 0 Å². The summed E-state index contributed by atoms with van der Waals surface area (Å²) in [4.78, 5) is 36.4. The average molecular weight is 402 g/mol. The normalized spacial score (nSPS) is 14.8. The second-order valence-corrected chi connectivity index (χ2v) is 7.36. The molecular formula is C20H24ClN5O2. The lowest BCUT2D eigenvalue weighted by Crippen LogP contribution is -2.38. The first-order chi connectivity index (χ1) is 13.4. The van der Waals surface area contributed by atoms with Crippen molar-refractivity contribution in [3.63, 3.8) is 0 Å². The molecule has 2 N–H and O–H groups in total. The van der Waals surface area contributed by atoms with Crippen LogP contribution < -0.4 is 10.6 Å². The van der Waals surface area contributed by atoms with E-state index in [1.165, 1.54) is 0 Å². The first-order valence-electron chi connectivity index (χ1n) is 9.19. The summed E-state index contributed by atoms with van der Waals surface area (Å²) in [5, 5.41) is 0. The van der Waals surface area contributed by atoms with Crippen LogP contribution in [0.1, 0.15) is 34.8 Å². The largest absolute Gasteiger partial charge is 0.366 e. The van der Waals surface area contributed by atoms with Gasteiger partial charge in [-0.25, -0.2) is 9.97 Å². The first kappa shape index (κ1) is 20.1. The summed E-state index contributed by atoms with van der Waals surface area (Å²) >= 11 is 5.68. The van der Waals surface area contributed by atoms with E-state index in [4.69, 9.17) is 22.3 Å². The van der Waals surface area contributed by atoms with Gasteiger partial charge >= 0.3 is 0 Å². The molecule has 7 nitrogen and oxygen atoms in total. The van der Waals surface area contributed by atoms with Gasteiger partial charge in [-0.2, -0.15) is 0 Å². The molecule has 2 aromatic rings. The highest BCUT2D eigenvalue weighted by molar-refractivity contribution is 6.27. The number of halogens is 1. The highest BCUT2D eigenvalue weighted by atomic mass is 35.5. The smallest absolute Gasteiger partial charge is 0.248 e. The van der Waals surface area contributed by atoms with Crippen molar-refractivity contribution in [3.8, 4) is 11.1 Å². The van der Waals surface area contributed by atoms with Crippen molar-refractivity contribution in [3.05, 3.63) is 41.7 Å². The number of piperidine rings is 1. The van der Waals surface area contributed by atoms with Crippen molar-refractivity contribution in [2.45, 2.75) is 18.8 Å². The molecule has 0 saturated carbocycles. The van der Waals surface area contributed by atoms with Crippen LogP contribution >= 0.6 is 11.6 Å². The van der Waals surface area contributed by atoms with E-state index in [0.717, 1.165) is 29.7 Å². The molecule has 8 heteroatoms. The molecule has 1 aromatic heterocycles. The van der Waals surface area contributed by atoms with Gasteiger partial charge in [0.2, 0.25) is 17.8 Å². The third-order valence-corrected chi connectivity index (χ3v) is 5.24. The summed E-state index contributed by atoms with van der Waals surface area (Å²) in [5.41, 5.74) is 8.56. The maximum Gasteiger partial charge on any atom is 0.248 e. The van der Waals surface area contributed by atoms with E-state index >= 15 is 0 Å². The molecule has 1 aromatic carbocycles. The zero-order valence-corrected chi connectivity index (χ0v) is 16.8. The van der Waals surface area contributed by atoms with Crippen molar-refractivity contribution in [1.82, 2.24) is 14.9 Å². The van der Waals surface area contributed by atoms with E-state index in [0.29, 0.717) is 24.6 Å². The molecule has 1 saturated heterocycles. The fourth-order valence-electron chi connectivity index (χ4n) is 3.46. The fourth-order valence-corrected chi connectivity index (χ4v) is 3.63. The quantitative estimate of drug-likeness (QED) is 0.775. The van der Waals surface area contributed by atoms with Gasteiger partial charge in [0, 0.05) is 50.4 Å². The second kappa shape index (κ2) is 8.56. The molecule has 2 heterocycles. The van der Waals surface area contributed by atoms with Gasteiger partial charge in [-0.1, -0.05) is 12.1 Å². The number of hydrogen-bond acceptors (Lipinski definition) is 5. The van der Waals surface area contributed by atoms with E-state index in [1.54, 1.807) is 29.3 Å². The van der Waals surface area contributed by atoms with Crippen molar-refractivity contribution in [2.75, 3.05) is 38.0 Å². The molecule has 0 spiro atoms. The summed E-state index contributed by atoms with van der Waals surface area (Å²) in [5.74, 6) is 0.319. The molecule has 28 heavy (non-hydrogen) atoms. The molecule has 3 rings (SSSR count). The number of alkyl halides is 1. The Labute approximate surface area is 169 Å². The van der Waals surface area contributed by atoms with Crippen LogP contribution in [0.2, 0.25) is 0 Å². The maximum absolute atomic E-state index is 11.9. The number of aromatic nitrogens is 2. The van der Waals surface area contributed by atoms with Gasteiger partial charge in [0.1, 0.15) is 5.88 Å². The first-order valence-corrected chi connectivity index (χ1v) is 9.72. The predicted octanol–water partition coefficient (Wildman–Crippen LogP) is 2.25. The van der Waals surface area contributed by atoms with Crippen LogP contribution in [-0.4, -0.2) is 59.7 Å². The topological polar surface area (TPSA) is 92.4 Å². The Morgan fingerprint density at radius 2 is 2.00 bits per heavy atom. The van der Waals surface area contributed by atoms with Gasteiger partial charge in [-0.15, -0.1) is 11.6 Å². The maximum atomic E-state index is 11.9. The molecule has 0 radical (unpaired) electrons. The Kier molecular flexibility index (Phi) is 6.14. The molecule has 148 valence electrons. The minimum Gasteiger partial charge on any atom is -0.366 e. The number of primary amides is 1. The standard InChI is InChI=1S/C20H24ClN5O2/c1-25(2)20-23-12-16(14-4-3-5-15(10-14)19(22)28)18(24-20)13-6-8-26(9-7-13)17(27)11-21/h3-5,10,12-13H,6-9,11H2,1-2H3,(H2,22,28). The van der Waals surface area contributed by atoms with Crippen molar-refractivity contribution < 1.29 is 9.59 Å². The van der Waals surface area contributed by atoms with Gasteiger partial charge in [0.05, 0.1) is 5.69 Å². The van der Waals surface area contributed by atoms with Gasteiger partial charge < -0.3 is 15.5 Å². The fraction of sp³-hybridized carbons (Fsp3) is 0.400. The zero-order chi connectivity index (χ0) is 20.3. The summed E-state index contributed by atoms with van der Waals surface area (Å²) in [6.45, 7) is 1.30. The number of nitrogens with zero attached hydrogens (tertiary/aromatic N) is 4. The van der Waals surface area contributed by atoms with Crippen LogP contribution in [0.25, 0.3) is 11.1 Å². The summed E-state index contributed by atoms with van der Waals surface area (Å²) < 4.78 is 0. The second-order valence-electron chi connectivity index (χ2n) is 7.10. The molecule has 1 fully saturated rings. The van der Waals surface area contributed by atoms with Crippen LogP contribution in [0.15, 0.2) is 30.5 Å². The highest BCUT2D eigenvalue weighted by Gasteiger charge is 2.27. The Bertz CT molecular complexity index is 879. The molecule has 2 amide bonds. The van der Waals surface area contributed by atoms with Crippen LogP contribution in [0, 0.1) is 0 Å². The lowest BCUT2D eigenvalue weighted by molar-refractivity contribution is -0.129. The molecule has 0 atom stereocenters. The number of benzene rings is 1. The number of nitrogens with two attached hydrogens (primary N) is 1. The zero-order valence-electron chi connectivity index (χ0n) is 16.1. The van der Waals surface area contributed by atoms with Crippen LogP contribution in [0.3, 0.4) is 0 Å². The molecule has 0 bridgehead atoms. The monoisotopic (exact) mass is 401 g/mol. The van der Waals surface area contributed by atoms with Crippen LogP contribution in [0.4, 0.5) is 5.95 Å². The number of anilines is 1. The molecule has 1 aliphatic heterocycles. The Morgan fingerprint density at radius 3 is 2.61 bits per heavy atom. The van der Waals surface area contributed by atoms with E-state index in [-0.39, 0.29) is 17.7 Å².